The Kier molecular flexibility index (Phi) is 3.81. The number of aryl methyl sites for hydroxylation is 1. The van der Waals surface area contributed by atoms with E-state index in [1.807, 2.05) is 34.3 Å². The van der Waals surface area contributed by atoms with E-state index in [0.29, 0.717) is 0 Å². The molecular weight excluding hydrogens is 366 g/mol. The summed E-state index contributed by atoms with van der Waals surface area (Å²) in [5, 5.41) is 7.64. The monoisotopic (exact) mass is 385 g/mol. The molecule has 0 atom stereocenters. The Bertz CT molecular complexity index is 1220. The first-order valence-electron chi connectivity index (χ1n) is 9.34. The Balaban J connectivity index is 1.69. The maximum Gasteiger partial charge on any atom is 0.211 e. The Labute approximate surface area is 167 Å². The van der Waals surface area contributed by atoms with E-state index in [1.54, 1.807) is 11.3 Å². The van der Waals surface area contributed by atoms with Crippen molar-refractivity contribution in [3.8, 4) is 27.6 Å². The van der Waals surface area contributed by atoms with E-state index in [4.69, 9.17) is 10.1 Å². The average molecular weight is 385 g/mol. The van der Waals surface area contributed by atoms with Crippen LogP contribution in [0.5, 0.6) is 0 Å². The van der Waals surface area contributed by atoms with Crippen LogP contribution in [0.15, 0.2) is 53.9 Å². The molecule has 2 heterocycles. The highest BCUT2D eigenvalue weighted by molar-refractivity contribution is 7.12. The van der Waals surface area contributed by atoms with Gasteiger partial charge in [0.15, 0.2) is 5.78 Å². The van der Waals surface area contributed by atoms with E-state index in [0.717, 1.165) is 44.5 Å². The van der Waals surface area contributed by atoms with Gasteiger partial charge < -0.3 is 0 Å². The molecule has 2 aromatic carbocycles. The zero-order valence-corrected chi connectivity index (χ0v) is 16.7. The van der Waals surface area contributed by atoms with Crippen LogP contribution in [0.4, 0.5) is 0 Å². The van der Waals surface area contributed by atoms with Crippen molar-refractivity contribution in [2.45, 2.75) is 26.7 Å². The third kappa shape index (κ3) is 2.47. The van der Waals surface area contributed by atoms with Crippen LogP contribution < -0.4 is 0 Å². The summed E-state index contributed by atoms with van der Waals surface area (Å²) in [6, 6.07) is 16.1. The van der Waals surface area contributed by atoms with E-state index < -0.39 is 0 Å². The third-order valence-corrected chi connectivity index (χ3v) is 5.95. The van der Waals surface area contributed by atoms with Gasteiger partial charge in [0, 0.05) is 22.1 Å². The smallest absolute Gasteiger partial charge is 0.211 e. The van der Waals surface area contributed by atoms with Crippen molar-refractivity contribution in [1.29, 1.82) is 0 Å². The molecule has 0 fully saturated rings. The van der Waals surface area contributed by atoms with Gasteiger partial charge >= 0.3 is 0 Å². The Morgan fingerprint density at radius 3 is 2.43 bits per heavy atom. The lowest BCUT2D eigenvalue weighted by Gasteiger charge is -2.04. The highest BCUT2D eigenvalue weighted by atomic mass is 32.1. The topological polar surface area (TPSA) is 47.8 Å². The second kappa shape index (κ2) is 6.24. The van der Waals surface area contributed by atoms with Crippen LogP contribution in [0.2, 0.25) is 0 Å². The normalized spacial score (nSPS) is 12.5. The number of carbonyl (C=O) groups excluding carboxylic acids is 1. The van der Waals surface area contributed by atoms with E-state index in [9.17, 15) is 4.79 Å². The summed E-state index contributed by atoms with van der Waals surface area (Å²) in [5.74, 6) is 0.223. The number of carbonyl (C=O) groups is 1. The molecule has 4 aromatic rings. The molecule has 138 valence electrons. The van der Waals surface area contributed by atoms with Gasteiger partial charge in [-0.05, 0) is 12.8 Å². The van der Waals surface area contributed by atoms with Gasteiger partial charge in [0.05, 0.1) is 22.6 Å². The molecule has 5 rings (SSSR count). The summed E-state index contributed by atoms with van der Waals surface area (Å²) in [4.78, 5) is 17.9. The number of hydrogen-bond donors (Lipinski definition) is 0. The first-order chi connectivity index (χ1) is 13.5. The molecule has 2 aromatic heterocycles. The summed E-state index contributed by atoms with van der Waals surface area (Å²) >= 11 is 1.55. The molecule has 0 N–H and O–H groups in total. The van der Waals surface area contributed by atoms with Gasteiger partial charge in [0.1, 0.15) is 0 Å². The van der Waals surface area contributed by atoms with Gasteiger partial charge in [-0.3, -0.25) is 4.79 Å². The van der Waals surface area contributed by atoms with Crippen LogP contribution in [0.1, 0.15) is 46.9 Å². The molecule has 4 nitrogen and oxygen atoms in total. The quantitative estimate of drug-likeness (QED) is 0.404. The molecule has 1 aliphatic rings. The lowest BCUT2D eigenvalue weighted by molar-refractivity contribution is 0.104. The van der Waals surface area contributed by atoms with Crippen LogP contribution in [-0.2, 0) is 0 Å². The zero-order chi connectivity index (χ0) is 19.4. The number of nitrogens with zero attached hydrogens (tertiary/aromatic N) is 3. The average Bonchev–Trinajstić information content (AvgIpc) is 3.38. The molecule has 0 saturated carbocycles. The van der Waals surface area contributed by atoms with Crippen LogP contribution in [0, 0.1) is 6.92 Å². The molecule has 0 spiro atoms. The van der Waals surface area contributed by atoms with Crippen LogP contribution in [0.25, 0.3) is 27.6 Å². The second-order valence-corrected chi connectivity index (χ2v) is 8.27. The maximum atomic E-state index is 13.0. The number of rotatable bonds is 3. The number of aromatic nitrogens is 3. The molecule has 0 unspecified atom stereocenters. The van der Waals surface area contributed by atoms with Crippen molar-refractivity contribution in [3.63, 3.8) is 0 Å². The summed E-state index contributed by atoms with van der Waals surface area (Å²) in [6.07, 6.45) is 0. The van der Waals surface area contributed by atoms with Crippen molar-refractivity contribution < 1.29 is 4.79 Å². The van der Waals surface area contributed by atoms with Gasteiger partial charge in [0.2, 0.25) is 5.13 Å². The highest BCUT2D eigenvalue weighted by Crippen LogP contribution is 2.42. The van der Waals surface area contributed by atoms with Gasteiger partial charge in [0.25, 0.3) is 0 Å². The van der Waals surface area contributed by atoms with Crippen molar-refractivity contribution in [2.24, 2.45) is 0 Å². The Morgan fingerprint density at radius 2 is 1.71 bits per heavy atom. The minimum atomic E-state index is 0.0656. The summed E-state index contributed by atoms with van der Waals surface area (Å²) in [5.41, 5.74) is 7.35. The summed E-state index contributed by atoms with van der Waals surface area (Å²) in [7, 11) is 0. The molecule has 0 radical (unpaired) electrons. The van der Waals surface area contributed by atoms with E-state index in [2.05, 4.69) is 45.0 Å². The summed E-state index contributed by atoms with van der Waals surface area (Å²) < 4.78 is 1.86. The van der Waals surface area contributed by atoms with Crippen molar-refractivity contribution in [2.75, 3.05) is 0 Å². The van der Waals surface area contributed by atoms with Gasteiger partial charge in [-0.15, -0.1) is 11.3 Å². The molecule has 0 saturated heterocycles. The Hall–Kier alpha value is -3.05. The minimum absolute atomic E-state index is 0.0656. The molecule has 1 aliphatic carbocycles. The van der Waals surface area contributed by atoms with Crippen molar-refractivity contribution in [1.82, 2.24) is 14.8 Å². The van der Waals surface area contributed by atoms with Crippen LogP contribution >= 0.6 is 11.3 Å². The van der Waals surface area contributed by atoms with E-state index in [-0.39, 0.29) is 11.7 Å². The molecule has 0 amide bonds. The standard InChI is InChI=1S/C23H19N3OS/c1-13(2)20-19-21(16-6-4-5-7-17(16)22(19)27)26(25-20)23-24-18(12-28-23)15-10-8-14(3)9-11-15/h4-13H,1-3H3. The number of hydrogen-bond acceptors (Lipinski definition) is 4. The summed E-state index contributed by atoms with van der Waals surface area (Å²) in [6.45, 7) is 6.22. The fourth-order valence-corrected chi connectivity index (χ4v) is 4.48. The minimum Gasteiger partial charge on any atom is -0.288 e. The predicted octanol–water partition coefficient (Wildman–Crippen LogP) is 5.64. The molecule has 0 bridgehead atoms. The lowest BCUT2D eigenvalue weighted by Crippen LogP contribution is -2.03. The number of benzene rings is 2. The van der Waals surface area contributed by atoms with E-state index in [1.165, 1.54) is 5.56 Å². The first kappa shape index (κ1) is 17.1. The van der Waals surface area contributed by atoms with Gasteiger partial charge in [-0.25, -0.2) is 9.67 Å². The largest absolute Gasteiger partial charge is 0.288 e. The third-order valence-electron chi connectivity index (χ3n) is 5.13. The van der Waals surface area contributed by atoms with Crippen molar-refractivity contribution >= 4 is 17.1 Å². The fraction of sp³-hybridized carbons (Fsp3) is 0.174. The molecule has 5 heteroatoms. The Morgan fingerprint density at radius 1 is 1.00 bits per heavy atom. The number of thiazole rings is 1. The van der Waals surface area contributed by atoms with Crippen LogP contribution in [0.3, 0.4) is 0 Å². The fourth-order valence-electron chi connectivity index (χ4n) is 3.69. The SMILES string of the molecule is Cc1ccc(-c2csc(-n3nc(C(C)C)c4c3-c3ccccc3C4=O)n2)cc1. The maximum absolute atomic E-state index is 13.0. The molecule has 0 aliphatic heterocycles. The predicted molar refractivity (Wildman–Crippen MR) is 112 cm³/mol. The molecular formula is C23H19N3OS. The highest BCUT2D eigenvalue weighted by Gasteiger charge is 2.36. The van der Waals surface area contributed by atoms with Gasteiger partial charge in [-0.1, -0.05) is 67.9 Å². The lowest BCUT2D eigenvalue weighted by atomic mass is 10.0. The van der Waals surface area contributed by atoms with Crippen molar-refractivity contribution in [3.05, 3.63) is 76.3 Å². The second-order valence-electron chi connectivity index (χ2n) is 7.43. The first-order valence-corrected chi connectivity index (χ1v) is 10.2. The van der Waals surface area contributed by atoms with E-state index >= 15 is 0 Å². The molecule has 28 heavy (non-hydrogen) atoms. The number of ketones is 1. The number of fused-ring (bicyclic) bond motifs is 3. The zero-order valence-electron chi connectivity index (χ0n) is 15.9. The van der Waals surface area contributed by atoms with Gasteiger partial charge in [-0.2, -0.15) is 5.10 Å². The van der Waals surface area contributed by atoms with Crippen LogP contribution in [-0.4, -0.2) is 20.5 Å².